The molecule has 41 heavy (non-hydrogen) atoms. The summed E-state index contributed by atoms with van der Waals surface area (Å²) in [5.74, 6) is -0.937. The van der Waals surface area contributed by atoms with Gasteiger partial charge in [0, 0.05) is 23.5 Å². The Morgan fingerprint density at radius 1 is 0.927 bits per heavy atom. The number of sulfonamides is 1. The smallest absolute Gasteiger partial charge is 0.244 e. The van der Waals surface area contributed by atoms with Crippen molar-refractivity contribution in [3.8, 4) is 0 Å². The maximum absolute atomic E-state index is 14.1. The molecule has 12 heteroatoms. The Labute approximate surface area is 264 Å². The molecule has 3 aromatic carbocycles. The molecule has 0 aliphatic heterocycles. The summed E-state index contributed by atoms with van der Waals surface area (Å²) in [6.45, 7) is 3.28. The summed E-state index contributed by atoms with van der Waals surface area (Å²) in [6.07, 6.45) is 1.88. The van der Waals surface area contributed by atoms with Gasteiger partial charge in [0.25, 0.3) is 0 Å². The predicted octanol–water partition coefficient (Wildman–Crippen LogP) is 6.73. The number of halogens is 4. The van der Waals surface area contributed by atoms with Crippen LogP contribution in [0.3, 0.4) is 0 Å². The molecule has 0 aliphatic carbocycles. The van der Waals surface area contributed by atoms with Crippen LogP contribution in [0.4, 0.5) is 5.69 Å². The Hall–Kier alpha value is -2.30. The lowest BCUT2D eigenvalue weighted by atomic mass is 10.0. The van der Waals surface area contributed by atoms with Crippen molar-refractivity contribution in [3.63, 3.8) is 0 Å². The van der Waals surface area contributed by atoms with E-state index in [1.165, 1.54) is 17.0 Å². The largest absolute Gasteiger partial charge is 0.352 e. The lowest BCUT2D eigenvalue weighted by molar-refractivity contribution is -0.140. The van der Waals surface area contributed by atoms with Gasteiger partial charge in [-0.15, -0.1) is 0 Å². The molecule has 0 aliphatic rings. The molecule has 2 atom stereocenters. The number of rotatable bonds is 12. The molecule has 0 spiro atoms. The van der Waals surface area contributed by atoms with Crippen molar-refractivity contribution in [2.75, 3.05) is 17.1 Å². The van der Waals surface area contributed by atoms with Crippen molar-refractivity contribution in [3.05, 3.63) is 97.4 Å². The second-order valence-corrected chi connectivity index (χ2v) is 13.7. The summed E-state index contributed by atoms with van der Waals surface area (Å²) in [7, 11) is -4.01. The minimum Gasteiger partial charge on any atom is -0.352 e. The van der Waals surface area contributed by atoms with Gasteiger partial charge in [0.1, 0.15) is 12.6 Å². The fraction of sp³-hybridized carbons (Fsp3) is 0.310. The molecule has 3 aromatic rings. The van der Waals surface area contributed by atoms with Crippen molar-refractivity contribution >= 4 is 78.3 Å². The Kier molecular flexibility index (Phi) is 11.9. The average molecular weight is 704 g/mol. The Morgan fingerprint density at radius 3 is 2.12 bits per heavy atom. The van der Waals surface area contributed by atoms with Gasteiger partial charge in [-0.1, -0.05) is 100 Å². The maximum atomic E-state index is 14.1. The predicted molar refractivity (Wildman–Crippen MR) is 170 cm³/mol. The highest BCUT2D eigenvalue weighted by Gasteiger charge is 2.34. The van der Waals surface area contributed by atoms with E-state index in [1.807, 2.05) is 68.4 Å². The van der Waals surface area contributed by atoms with Crippen molar-refractivity contribution in [1.82, 2.24) is 10.2 Å². The SMILES string of the molecule is CC[C@@H](C)NC(=O)[C@H](Cc1ccccc1)N(Cc1ccc(Br)cc1)C(=O)CN(c1cc(Cl)c(Cl)cc1Cl)S(C)(=O)=O. The zero-order valence-electron chi connectivity index (χ0n) is 22.8. The maximum Gasteiger partial charge on any atom is 0.244 e. The summed E-state index contributed by atoms with van der Waals surface area (Å²) < 4.78 is 27.6. The number of hydrogen-bond donors (Lipinski definition) is 1. The minimum atomic E-state index is -4.01. The topological polar surface area (TPSA) is 86.8 Å². The van der Waals surface area contributed by atoms with E-state index < -0.39 is 28.5 Å². The van der Waals surface area contributed by atoms with Gasteiger partial charge in [0.15, 0.2) is 0 Å². The van der Waals surface area contributed by atoms with E-state index in [4.69, 9.17) is 34.8 Å². The molecule has 2 amide bonds. The monoisotopic (exact) mass is 701 g/mol. The zero-order valence-corrected chi connectivity index (χ0v) is 27.5. The van der Waals surface area contributed by atoms with E-state index in [9.17, 15) is 18.0 Å². The summed E-state index contributed by atoms with van der Waals surface area (Å²) in [4.78, 5) is 29.2. The second-order valence-electron chi connectivity index (χ2n) is 9.66. The van der Waals surface area contributed by atoms with Gasteiger partial charge < -0.3 is 10.2 Å². The number of benzene rings is 3. The van der Waals surface area contributed by atoms with Gasteiger partial charge in [-0.3, -0.25) is 13.9 Å². The first-order valence-corrected chi connectivity index (χ1v) is 16.6. The molecule has 0 bridgehead atoms. The lowest BCUT2D eigenvalue weighted by Crippen LogP contribution is -2.54. The average Bonchev–Trinajstić information content (AvgIpc) is 2.92. The van der Waals surface area contributed by atoms with Gasteiger partial charge in [0.05, 0.1) is 27.0 Å². The third-order valence-corrected chi connectivity index (χ3v) is 9.16. The van der Waals surface area contributed by atoms with Gasteiger partial charge in [0.2, 0.25) is 21.8 Å². The van der Waals surface area contributed by atoms with Crippen LogP contribution in [0.5, 0.6) is 0 Å². The molecule has 0 saturated heterocycles. The third-order valence-electron chi connectivity index (χ3n) is 6.48. The van der Waals surface area contributed by atoms with Crippen LogP contribution < -0.4 is 9.62 Å². The summed E-state index contributed by atoms with van der Waals surface area (Å²) in [5, 5.41) is 3.22. The molecule has 0 saturated carbocycles. The zero-order chi connectivity index (χ0) is 30.3. The van der Waals surface area contributed by atoms with E-state index in [0.29, 0.717) is 6.42 Å². The standard InChI is InChI=1S/C29H31BrCl3N3O4S/c1-4-19(2)34-29(38)27(14-20-8-6-5-7-9-20)35(17-21-10-12-22(30)13-11-21)28(37)18-36(41(3,39)40)26-16-24(32)23(31)15-25(26)33/h5-13,15-16,19,27H,4,14,17-18H2,1-3H3,(H,34,38)/t19-,27+/m1/s1. The third kappa shape index (κ3) is 9.35. The fourth-order valence-corrected chi connectivity index (χ4v) is 5.89. The Balaban J connectivity index is 2.09. The van der Waals surface area contributed by atoms with E-state index in [0.717, 1.165) is 26.2 Å². The first kappa shape index (κ1) is 33.2. The van der Waals surface area contributed by atoms with Crippen molar-refractivity contribution in [2.45, 2.75) is 45.3 Å². The minimum absolute atomic E-state index is 0.00387. The van der Waals surface area contributed by atoms with Crippen LogP contribution in [0.25, 0.3) is 0 Å². The van der Waals surface area contributed by atoms with Crippen LogP contribution in [0.15, 0.2) is 71.2 Å². The molecule has 0 radical (unpaired) electrons. The van der Waals surface area contributed by atoms with Gasteiger partial charge >= 0.3 is 0 Å². The second kappa shape index (κ2) is 14.7. The van der Waals surface area contributed by atoms with Crippen LogP contribution in [0.2, 0.25) is 15.1 Å². The van der Waals surface area contributed by atoms with Gasteiger partial charge in [-0.25, -0.2) is 8.42 Å². The summed E-state index contributed by atoms with van der Waals surface area (Å²) in [5.41, 5.74) is 1.61. The van der Waals surface area contributed by atoms with Crippen LogP contribution >= 0.6 is 50.7 Å². The molecule has 1 N–H and O–H groups in total. The summed E-state index contributed by atoms with van der Waals surface area (Å²) in [6, 6.07) is 18.2. The normalized spacial score (nSPS) is 12.9. The quantitative estimate of drug-likeness (QED) is 0.212. The molecular formula is C29H31BrCl3N3O4S. The van der Waals surface area contributed by atoms with Crippen LogP contribution in [0, 0.1) is 0 Å². The Bertz CT molecular complexity index is 1470. The molecule has 0 heterocycles. The van der Waals surface area contributed by atoms with Crippen LogP contribution in [-0.2, 0) is 32.6 Å². The van der Waals surface area contributed by atoms with E-state index in [1.54, 1.807) is 0 Å². The van der Waals surface area contributed by atoms with E-state index in [-0.39, 0.29) is 45.7 Å². The highest BCUT2D eigenvalue weighted by Crippen LogP contribution is 2.35. The first-order valence-electron chi connectivity index (χ1n) is 12.8. The first-order chi connectivity index (χ1) is 19.3. The number of nitrogens with one attached hydrogen (secondary N) is 1. The van der Waals surface area contributed by atoms with Gasteiger partial charge in [-0.2, -0.15) is 0 Å². The van der Waals surface area contributed by atoms with Crippen molar-refractivity contribution in [2.24, 2.45) is 0 Å². The molecular weight excluding hydrogens is 673 g/mol. The van der Waals surface area contributed by atoms with E-state index >= 15 is 0 Å². The van der Waals surface area contributed by atoms with Crippen molar-refractivity contribution < 1.29 is 18.0 Å². The van der Waals surface area contributed by atoms with Crippen molar-refractivity contribution in [1.29, 1.82) is 0 Å². The number of carbonyl (C=O) groups is 2. The van der Waals surface area contributed by atoms with E-state index in [2.05, 4.69) is 21.2 Å². The highest BCUT2D eigenvalue weighted by atomic mass is 79.9. The highest BCUT2D eigenvalue weighted by molar-refractivity contribution is 9.10. The summed E-state index contributed by atoms with van der Waals surface area (Å²) >= 11 is 22.0. The molecule has 0 unspecified atom stereocenters. The number of carbonyl (C=O) groups excluding carboxylic acids is 2. The van der Waals surface area contributed by atoms with Crippen LogP contribution in [-0.4, -0.2) is 50.0 Å². The molecule has 3 rings (SSSR count). The Morgan fingerprint density at radius 2 is 1.54 bits per heavy atom. The fourth-order valence-electron chi connectivity index (χ4n) is 4.08. The molecule has 0 fully saturated rings. The molecule has 220 valence electrons. The lowest BCUT2D eigenvalue weighted by Gasteiger charge is -2.34. The molecule has 0 aromatic heterocycles. The number of anilines is 1. The van der Waals surface area contributed by atoms with Gasteiger partial charge in [-0.05, 0) is 48.7 Å². The van der Waals surface area contributed by atoms with Crippen LogP contribution in [0.1, 0.15) is 31.4 Å². The number of nitrogens with zero attached hydrogens (tertiary/aromatic N) is 2. The number of amides is 2. The molecule has 7 nitrogen and oxygen atoms in total. The number of hydrogen-bond acceptors (Lipinski definition) is 4.